The first-order valence-electron chi connectivity index (χ1n) is 7.72. The van der Waals surface area contributed by atoms with E-state index in [1.165, 1.54) is 12.1 Å². The Morgan fingerprint density at radius 2 is 2.00 bits per heavy atom. The number of hydrogen-bond acceptors (Lipinski definition) is 8. The van der Waals surface area contributed by atoms with Crippen molar-refractivity contribution in [1.82, 2.24) is 9.88 Å². The van der Waals surface area contributed by atoms with Gasteiger partial charge in [0.2, 0.25) is 5.13 Å². The highest BCUT2D eigenvalue weighted by atomic mass is 32.1. The Labute approximate surface area is 151 Å². The predicted octanol–water partition coefficient (Wildman–Crippen LogP) is 2.17. The number of anilines is 1. The van der Waals surface area contributed by atoms with E-state index in [2.05, 4.69) is 4.98 Å². The minimum Gasteiger partial charge on any atom is -0.409 e. The standard InChI is InChI=1S/C15H15N5O5S/c16-19(14-17-9-12(26-14)20(23)24)13(21)10-5-1-2-6-11(10)25-15(22)18-7-3-4-8-18/h1-2,5-6,9H,3-4,7-8,16H2. The number of thiazole rings is 1. The minimum atomic E-state index is -0.695. The Bertz CT molecular complexity index is 848. The molecule has 2 heterocycles. The minimum absolute atomic E-state index is 0.0395. The Morgan fingerprint density at radius 3 is 2.65 bits per heavy atom. The van der Waals surface area contributed by atoms with E-state index in [0.29, 0.717) is 29.4 Å². The van der Waals surface area contributed by atoms with Crippen LogP contribution in [-0.4, -0.2) is 39.9 Å². The third-order valence-electron chi connectivity index (χ3n) is 3.77. The Balaban J connectivity index is 1.80. The largest absolute Gasteiger partial charge is 0.415 e. The van der Waals surface area contributed by atoms with Crippen LogP contribution in [0.5, 0.6) is 5.75 Å². The lowest BCUT2D eigenvalue weighted by atomic mass is 10.2. The average Bonchev–Trinajstić information content (AvgIpc) is 3.32. The number of amides is 2. The number of nitro groups is 1. The maximum absolute atomic E-state index is 12.6. The van der Waals surface area contributed by atoms with E-state index >= 15 is 0 Å². The first-order valence-corrected chi connectivity index (χ1v) is 8.54. The van der Waals surface area contributed by atoms with Gasteiger partial charge < -0.3 is 9.64 Å². The summed E-state index contributed by atoms with van der Waals surface area (Å²) in [6.07, 6.45) is 2.31. The summed E-state index contributed by atoms with van der Waals surface area (Å²) >= 11 is 0.666. The van der Waals surface area contributed by atoms with Crippen LogP contribution in [0, 0.1) is 10.1 Å². The Morgan fingerprint density at radius 1 is 1.31 bits per heavy atom. The molecule has 1 aromatic carbocycles. The van der Waals surface area contributed by atoms with Crippen LogP contribution >= 0.6 is 11.3 Å². The molecule has 1 saturated heterocycles. The zero-order valence-corrected chi connectivity index (χ0v) is 14.3. The maximum Gasteiger partial charge on any atom is 0.415 e. The number of nitrogens with two attached hydrogens (primary N) is 1. The van der Waals surface area contributed by atoms with Gasteiger partial charge in [-0.25, -0.2) is 20.6 Å². The third kappa shape index (κ3) is 3.63. The van der Waals surface area contributed by atoms with Gasteiger partial charge in [0, 0.05) is 13.1 Å². The van der Waals surface area contributed by atoms with Crippen LogP contribution < -0.4 is 15.6 Å². The van der Waals surface area contributed by atoms with Crippen LogP contribution in [0.2, 0.25) is 0 Å². The van der Waals surface area contributed by atoms with Crippen molar-refractivity contribution in [2.45, 2.75) is 12.8 Å². The fraction of sp³-hybridized carbons (Fsp3) is 0.267. The maximum atomic E-state index is 12.6. The molecule has 0 saturated carbocycles. The molecule has 1 aliphatic heterocycles. The molecular formula is C15H15N5O5S. The van der Waals surface area contributed by atoms with Crippen molar-refractivity contribution in [1.29, 1.82) is 0 Å². The number of carbonyl (C=O) groups is 2. The monoisotopic (exact) mass is 377 g/mol. The Kier molecular flexibility index (Phi) is 5.09. The van der Waals surface area contributed by atoms with E-state index in [1.807, 2.05) is 0 Å². The summed E-state index contributed by atoms with van der Waals surface area (Å²) in [5.41, 5.74) is 0.0559. The van der Waals surface area contributed by atoms with Gasteiger partial charge in [-0.3, -0.25) is 14.9 Å². The number of hydrazine groups is 1. The van der Waals surface area contributed by atoms with Crippen molar-refractivity contribution >= 4 is 33.5 Å². The number of hydrogen-bond donors (Lipinski definition) is 1. The number of rotatable bonds is 4. The van der Waals surface area contributed by atoms with Gasteiger partial charge in [0.25, 0.3) is 5.91 Å². The molecule has 3 rings (SSSR count). The second kappa shape index (κ2) is 7.45. The fourth-order valence-corrected chi connectivity index (χ4v) is 3.11. The zero-order valence-electron chi connectivity index (χ0n) is 13.5. The molecule has 0 spiro atoms. The van der Waals surface area contributed by atoms with Crippen molar-refractivity contribution in [2.75, 3.05) is 18.1 Å². The van der Waals surface area contributed by atoms with Gasteiger partial charge in [0.1, 0.15) is 11.9 Å². The smallest absolute Gasteiger partial charge is 0.409 e. The lowest BCUT2D eigenvalue weighted by molar-refractivity contribution is -0.380. The molecule has 2 N–H and O–H groups in total. The van der Waals surface area contributed by atoms with E-state index in [9.17, 15) is 19.7 Å². The lowest BCUT2D eigenvalue weighted by Crippen LogP contribution is -2.38. The molecule has 0 unspecified atom stereocenters. The summed E-state index contributed by atoms with van der Waals surface area (Å²) in [4.78, 5) is 40.3. The van der Waals surface area contributed by atoms with Gasteiger partial charge in [-0.05, 0) is 36.3 Å². The van der Waals surface area contributed by atoms with Crippen molar-refractivity contribution in [3.63, 3.8) is 0 Å². The van der Waals surface area contributed by atoms with E-state index in [4.69, 9.17) is 10.6 Å². The van der Waals surface area contributed by atoms with Crippen LogP contribution in [0.1, 0.15) is 23.2 Å². The molecule has 1 fully saturated rings. The summed E-state index contributed by atoms with van der Waals surface area (Å²) in [7, 11) is 0. The van der Waals surface area contributed by atoms with Crippen LogP contribution in [0.3, 0.4) is 0 Å². The predicted molar refractivity (Wildman–Crippen MR) is 93.0 cm³/mol. The summed E-state index contributed by atoms with van der Waals surface area (Å²) < 4.78 is 5.34. The Hall–Kier alpha value is -3.05. The molecule has 10 nitrogen and oxygen atoms in total. The van der Waals surface area contributed by atoms with Crippen molar-refractivity contribution < 1.29 is 19.2 Å². The highest BCUT2D eigenvalue weighted by Crippen LogP contribution is 2.29. The molecule has 0 bridgehead atoms. The van der Waals surface area contributed by atoms with Crippen molar-refractivity contribution in [3.8, 4) is 5.75 Å². The first kappa shape index (κ1) is 17.8. The molecule has 0 radical (unpaired) electrons. The third-order valence-corrected chi connectivity index (χ3v) is 4.71. The van der Waals surface area contributed by atoms with Crippen molar-refractivity contribution in [3.05, 3.63) is 46.1 Å². The number of para-hydroxylation sites is 1. The topological polar surface area (TPSA) is 132 Å². The van der Waals surface area contributed by atoms with E-state index in [0.717, 1.165) is 19.0 Å². The molecule has 2 amide bonds. The number of ether oxygens (including phenoxy) is 1. The van der Waals surface area contributed by atoms with Crippen molar-refractivity contribution in [2.24, 2.45) is 5.84 Å². The van der Waals surface area contributed by atoms with Crippen LogP contribution in [-0.2, 0) is 0 Å². The molecule has 136 valence electrons. The van der Waals surface area contributed by atoms with Gasteiger partial charge >= 0.3 is 11.1 Å². The molecule has 0 aliphatic carbocycles. The molecule has 0 atom stereocenters. The first-order chi connectivity index (χ1) is 12.5. The zero-order chi connectivity index (χ0) is 18.7. The molecule has 2 aromatic rings. The lowest BCUT2D eigenvalue weighted by Gasteiger charge is -2.18. The quantitative estimate of drug-likeness (QED) is 0.374. The van der Waals surface area contributed by atoms with Crippen LogP contribution in [0.15, 0.2) is 30.5 Å². The normalized spacial score (nSPS) is 13.5. The highest BCUT2D eigenvalue weighted by Gasteiger charge is 2.26. The van der Waals surface area contributed by atoms with E-state index < -0.39 is 16.9 Å². The van der Waals surface area contributed by atoms with Crippen LogP contribution in [0.4, 0.5) is 14.9 Å². The number of nitrogens with zero attached hydrogens (tertiary/aromatic N) is 4. The second-order valence-corrected chi connectivity index (χ2v) is 6.46. The molecular weight excluding hydrogens is 362 g/mol. The van der Waals surface area contributed by atoms with Gasteiger partial charge in [0.15, 0.2) is 0 Å². The molecule has 11 heteroatoms. The second-order valence-electron chi connectivity index (χ2n) is 5.47. The van der Waals surface area contributed by atoms with Gasteiger partial charge in [-0.2, -0.15) is 0 Å². The number of benzene rings is 1. The van der Waals surface area contributed by atoms with E-state index in [1.54, 1.807) is 17.0 Å². The summed E-state index contributed by atoms with van der Waals surface area (Å²) in [5, 5.41) is 11.2. The number of aromatic nitrogens is 1. The summed E-state index contributed by atoms with van der Waals surface area (Å²) in [5.74, 6) is 5.13. The van der Waals surface area contributed by atoms with E-state index in [-0.39, 0.29) is 21.4 Å². The fourth-order valence-electron chi connectivity index (χ4n) is 2.46. The SMILES string of the molecule is NN(C(=O)c1ccccc1OC(=O)N1CCCC1)c1ncc([N+](=O)[O-])s1. The molecule has 1 aromatic heterocycles. The summed E-state index contributed by atoms with van der Waals surface area (Å²) in [6, 6.07) is 6.16. The number of carbonyl (C=O) groups excluding carboxylic acids is 2. The van der Waals surface area contributed by atoms with Gasteiger partial charge in [-0.1, -0.05) is 12.1 Å². The molecule has 1 aliphatic rings. The van der Waals surface area contributed by atoms with Gasteiger partial charge in [0.05, 0.1) is 10.5 Å². The highest BCUT2D eigenvalue weighted by molar-refractivity contribution is 7.18. The molecule has 26 heavy (non-hydrogen) atoms. The average molecular weight is 377 g/mol. The van der Waals surface area contributed by atoms with Crippen LogP contribution in [0.25, 0.3) is 0 Å². The number of likely N-dealkylation sites (tertiary alicyclic amines) is 1. The summed E-state index contributed by atoms with van der Waals surface area (Å²) in [6.45, 7) is 1.22. The van der Waals surface area contributed by atoms with Gasteiger partial charge in [-0.15, -0.1) is 0 Å².